The van der Waals surface area contributed by atoms with Gasteiger partial charge in [0.2, 0.25) is 0 Å². The van der Waals surface area contributed by atoms with Gasteiger partial charge in [0.15, 0.2) is 17.8 Å². The third kappa shape index (κ3) is 6.53. The van der Waals surface area contributed by atoms with Crippen molar-refractivity contribution in [2.24, 2.45) is 0 Å². The Morgan fingerprint density at radius 2 is 1.81 bits per heavy atom. The van der Waals surface area contributed by atoms with Crippen LogP contribution in [0.1, 0.15) is 10.4 Å². The number of aldehydes is 1. The number of methoxy groups -OCH3 is 1. The summed E-state index contributed by atoms with van der Waals surface area (Å²) in [5.41, 5.74) is 0.240. The molecule has 0 atom stereocenters. The summed E-state index contributed by atoms with van der Waals surface area (Å²) in [5.74, 6) is 0.208. The van der Waals surface area contributed by atoms with E-state index in [1.165, 1.54) is 13.2 Å². The van der Waals surface area contributed by atoms with Crippen LogP contribution in [0.4, 0.5) is 0 Å². The Kier molecular flexibility index (Phi) is 6.22. The molecule has 1 aromatic rings. The Balaban J connectivity index is 0.000000385. The molecule has 0 bridgehead atoms. The van der Waals surface area contributed by atoms with Gasteiger partial charge in [-0.1, -0.05) is 6.07 Å². The zero-order chi connectivity index (χ0) is 12.8. The maximum absolute atomic E-state index is 10.3. The monoisotopic (exact) mass is 456 g/mol. The average molecular weight is 456 g/mol. The van der Waals surface area contributed by atoms with E-state index in [1.54, 1.807) is 12.1 Å². The second-order valence-electron chi connectivity index (χ2n) is 2.56. The number of phenolic OH excluding ortho intramolecular Hbond substituents is 1. The van der Waals surface area contributed by atoms with E-state index in [2.05, 4.69) is 0 Å². The minimum absolute atomic E-state index is 0.106. The molecule has 88 valence electrons. The van der Waals surface area contributed by atoms with Crippen molar-refractivity contribution in [3.05, 3.63) is 23.8 Å². The summed E-state index contributed by atoms with van der Waals surface area (Å²) < 4.78 is 36.9. The predicted octanol–water partition coefficient (Wildman–Crippen LogP) is -0.138. The van der Waals surface area contributed by atoms with Crippen molar-refractivity contribution < 1.29 is 49.8 Å². The number of rotatable bonds is 2. The van der Waals surface area contributed by atoms with Crippen molar-refractivity contribution in [2.45, 2.75) is 0 Å². The molecule has 16 heavy (non-hydrogen) atoms. The van der Waals surface area contributed by atoms with Crippen LogP contribution in [0, 0.1) is 25.4 Å². The van der Waals surface area contributed by atoms with E-state index in [9.17, 15) is 9.90 Å². The molecule has 0 saturated heterocycles. The molecule has 8 heteroatoms. The van der Waals surface area contributed by atoms with Crippen LogP contribution in [0.2, 0.25) is 0 Å². The van der Waals surface area contributed by atoms with Gasteiger partial charge in [-0.25, -0.2) is 0 Å². The van der Waals surface area contributed by atoms with E-state index in [1.807, 2.05) is 0 Å². The zero-order valence-corrected chi connectivity index (χ0v) is 12.4. The van der Waals surface area contributed by atoms with Crippen molar-refractivity contribution in [2.75, 3.05) is 7.11 Å². The van der Waals surface area contributed by atoms with Crippen molar-refractivity contribution in [1.82, 2.24) is 0 Å². The van der Waals surface area contributed by atoms with Crippen LogP contribution in [-0.2, 0) is 4.47 Å². The molecule has 0 aliphatic carbocycles. The molecule has 1 aromatic carbocycles. The van der Waals surface area contributed by atoms with Gasteiger partial charge in [0, 0.05) is 0 Å². The number of benzene rings is 1. The third-order valence-corrected chi connectivity index (χ3v) is 1.38. The Bertz CT molecular complexity index is 443. The quantitative estimate of drug-likeness (QED) is 0.530. The number of carbonyl (C=O) groups is 1. The molecule has 0 heterocycles. The molecule has 3 N–H and O–H groups in total. The number of para-hydroxylation sites is 1. The molecule has 0 unspecified atom stereocenters. The van der Waals surface area contributed by atoms with Crippen molar-refractivity contribution in [3.63, 3.8) is 0 Å². The van der Waals surface area contributed by atoms with E-state index in [-0.39, 0.29) is 11.3 Å². The van der Waals surface area contributed by atoms with Crippen LogP contribution < -0.4 is 4.74 Å². The fourth-order valence-corrected chi connectivity index (χ4v) is 0.799. The zero-order valence-electron chi connectivity index (χ0n) is 8.28. The first-order valence-electron chi connectivity index (χ1n) is 3.96. The summed E-state index contributed by atoms with van der Waals surface area (Å²) in [5, 5.41) is 9.23. The van der Waals surface area contributed by atoms with E-state index >= 15 is 0 Å². The first kappa shape index (κ1) is 15.1. The topological polar surface area (TPSA) is 121 Å². The van der Waals surface area contributed by atoms with Gasteiger partial charge in [0.05, 0.1) is 12.7 Å². The standard InChI is InChI=1S/C8H8O3.2H2O.2O.U/c1-11-7-4-2-3-6(5-9)8(7)10;;;;;/h2-5,10H,1H3;2*1H2;;;/q;;;;;+2/p-2. The molecular weight excluding hydrogens is 446 g/mol. The normalized spacial score (nSPS) is 9.94. The van der Waals surface area contributed by atoms with Crippen molar-refractivity contribution >= 4 is 6.29 Å². The van der Waals surface area contributed by atoms with Gasteiger partial charge < -0.3 is 9.84 Å². The molecular formula is C8H10O7U. The Morgan fingerprint density at radius 1 is 1.31 bits per heavy atom. The number of hydrogen-bond donors (Lipinski definition) is 3. The van der Waals surface area contributed by atoms with Crippen LogP contribution in [0.25, 0.3) is 0 Å². The third-order valence-electron chi connectivity index (χ3n) is 1.38. The summed E-state index contributed by atoms with van der Waals surface area (Å²) in [6.45, 7) is 0. The summed E-state index contributed by atoms with van der Waals surface area (Å²) in [6, 6.07) is 4.75. The SMILES string of the molecule is COc1cccc(C=O)c1O.[O]=[U](=[O])([OH])[OH]. The van der Waals surface area contributed by atoms with Gasteiger partial charge in [-0.05, 0) is 12.1 Å². The number of phenols is 1. The van der Waals surface area contributed by atoms with Gasteiger partial charge in [-0.2, -0.15) is 0 Å². The molecule has 0 saturated carbocycles. The molecule has 7 nitrogen and oxygen atoms in total. The molecule has 0 fully saturated rings. The van der Waals surface area contributed by atoms with Gasteiger partial charge in [0.1, 0.15) is 0 Å². The Morgan fingerprint density at radius 3 is 2.19 bits per heavy atom. The van der Waals surface area contributed by atoms with E-state index in [0.717, 1.165) is 0 Å². The number of hydrogen-bond acceptors (Lipinski definition) is 5. The number of aromatic hydroxyl groups is 1. The summed E-state index contributed by atoms with van der Waals surface area (Å²) in [6.07, 6.45) is 0.581. The first-order chi connectivity index (χ1) is 7.29. The second kappa shape index (κ2) is 6.60. The fourth-order valence-electron chi connectivity index (χ4n) is 0.799. The molecule has 0 aliphatic heterocycles. The summed E-state index contributed by atoms with van der Waals surface area (Å²) in [7, 11) is 1.43. The summed E-state index contributed by atoms with van der Waals surface area (Å²) >= 11 is -5.84. The predicted molar refractivity (Wildman–Crippen MR) is 45.9 cm³/mol. The van der Waals surface area contributed by atoms with Crippen LogP contribution in [-0.4, -0.2) is 23.7 Å². The van der Waals surface area contributed by atoms with E-state index < -0.39 is 25.4 Å². The van der Waals surface area contributed by atoms with E-state index in [0.29, 0.717) is 12.0 Å². The average Bonchev–Trinajstić information content (AvgIpc) is 2.16. The fraction of sp³-hybridized carbons (Fsp3) is 0.125. The second-order valence-corrected chi connectivity index (χ2v) is 7.13. The van der Waals surface area contributed by atoms with Crippen LogP contribution in [0.5, 0.6) is 11.5 Å². The minimum atomic E-state index is -5.84. The maximum atomic E-state index is 10.3. The van der Waals surface area contributed by atoms with Crippen LogP contribution in [0.15, 0.2) is 18.2 Å². The van der Waals surface area contributed by atoms with E-state index in [4.69, 9.17) is 14.4 Å². The Labute approximate surface area is 98.1 Å². The van der Waals surface area contributed by atoms with Gasteiger partial charge in [0.25, 0.3) is 0 Å². The Hall–Kier alpha value is -0.938. The number of carbonyl (C=O) groups excluding carboxylic acids is 1. The van der Waals surface area contributed by atoms with Crippen LogP contribution in [0.3, 0.4) is 0 Å². The molecule has 0 radical (unpaired) electrons. The van der Waals surface area contributed by atoms with Crippen LogP contribution >= 0.6 is 0 Å². The van der Waals surface area contributed by atoms with Gasteiger partial charge >= 0.3 is 35.1 Å². The van der Waals surface area contributed by atoms with Crippen molar-refractivity contribution in [1.29, 1.82) is 0 Å². The molecule has 1 rings (SSSR count). The first-order valence-corrected chi connectivity index (χ1v) is 11.1. The van der Waals surface area contributed by atoms with Gasteiger partial charge in [-0.15, -0.1) is 0 Å². The molecule has 0 aliphatic rings. The molecule has 0 amide bonds. The molecule has 0 spiro atoms. The number of ether oxygens (including phenoxy) is 1. The summed E-state index contributed by atoms with van der Waals surface area (Å²) in [4.78, 5) is 10.3. The van der Waals surface area contributed by atoms with Gasteiger partial charge in [-0.3, -0.25) is 4.79 Å². The van der Waals surface area contributed by atoms with Crippen molar-refractivity contribution in [3.8, 4) is 11.5 Å². The molecule has 0 aromatic heterocycles.